The summed E-state index contributed by atoms with van der Waals surface area (Å²) in [5.41, 5.74) is 2.03. The van der Waals surface area contributed by atoms with E-state index < -0.39 is 4.92 Å². The average Bonchev–Trinajstić information content (AvgIpc) is 2.88. The van der Waals surface area contributed by atoms with E-state index in [1.807, 2.05) is 43.3 Å². The fraction of sp³-hybridized carbons (Fsp3) is 0.444. The monoisotopic (exact) mass is 490 g/mol. The number of nitro benzene ring substituents is 1. The molecule has 0 saturated heterocycles. The zero-order valence-electron chi connectivity index (χ0n) is 20.9. The molecule has 9 heteroatoms. The summed E-state index contributed by atoms with van der Waals surface area (Å²) >= 11 is 0. The molecular weight excluding hydrogens is 456 g/mol. The molecule has 4 rings (SSSR count). The predicted octanol–water partition coefficient (Wildman–Crippen LogP) is 4.71. The van der Waals surface area contributed by atoms with Crippen molar-refractivity contribution in [3.63, 3.8) is 0 Å². The molecule has 0 aliphatic heterocycles. The number of para-hydroxylation sites is 1. The smallest absolute Gasteiger partial charge is 0.269 e. The summed E-state index contributed by atoms with van der Waals surface area (Å²) in [5, 5.41) is 18.4. The Labute approximate surface area is 211 Å². The molecule has 2 aromatic carbocycles. The Morgan fingerprint density at radius 1 is 1.06 bits per heavy atom. The first-order valence-electron chi connectivity index (χ1n) is 12.6. The van der Waals surface area contributed by atoms with Gasteiger partial charge in [-0.1, -0.05) is 24.3 Å². The van der Waals surface area contributed by atoms with Crippen LogP contribution < -0.4 is 15.5 Å². The average molecular weight is 491 g/mol. The number of aromatic nitrogens is 2. The normalized spacial score (nSPS) is 17.5. The fourth-order valence-electron chi connectivity index (χ4n) is 4.74. The third-order valence-electron chi connectivity index (χ3n) is 6.79. The van der Waals surface area contributed by atoms with Gasteiger partial charge in [0.1, 0.15) is 5.82 Å². The molecule has 1 fully saturated rings. The van der Waals surface area contributed by atoms with Gasteiger partial charge >= 0.3 is 0 Å². The van der Waals surface area contributed by atoms with Gasteiger partial charge in [-0.3, -0.25) is 14.9 Å². The molecule has 1 aliphatic rings. The van der Waals surface area contributed by atoms with Gasteiger partial charge in [0.25, 0.3) is 5.69 Å². The van der Waals surface area contributed by atoms with Crippen LogP contribution in [0.25, 0.3) is 10.9 Å². The van der Waals surface area contributed by atoms with Gasteiger partial charge in [0.2, 0.25) is 11.9 Å². The van der Waals surface area contributed by atoms with E-state index in [4.69, 9.17) is 9.97 Å². The van der Waals surface area contributed by atoms with Gasteiger partial charge in [-0.05, 0) is 62.1 Å². The lowest BCUT2D eigenvalue weighted by atomic mass is 9.86. The first-order valence-corrected chi connectivity index (χ1v) is 12.6. The van der Waals surface area contributed by atoms with Gasteiger partial charge in [-0.2, -0.15) is 4.98 Å². The standard InChI is InChI=1S/C27H34N6O3/c1-32(2)26-23-7-3-4-8-24(23)30-27(31-26)29-21-14-10-20(11-15-21)18-28-25(34)9-5-6-19-12-16-22(17-13-19)33(35)36/h3-4,7-8,12-13,16-17,20-21H,5-6,9-11,14-15,18H2,1-2H3,(H,28,34)(H,29,30,31). The number of carbonyl (C=O) groups is 1. The van der Waals surface area contributed by atoms with Crippen molar-refractivity contribution in [1.29, 1.82) is 0 Å². The summed E-state index contributed by atoms with van der Waals surface area (Å²) in [6.45, 7) is 0.709. The molecule has 3 aromatic rings. The molecule has 0 spiro atoms. The van der Waals surface area contributed by atoms with E-state index in [9.17, 15) is 14.9 Å². The van der Waals surface area contributed by atoms with Crippen molar-refractivity contribution in [2.24, 2.45) is 5.92 Å². The largest absolute Gasteiger partial charge is 0.362 e. The molecule has 0 bridgehead atoms. The number of anilines is 2. The van der Waals surface area contributed by atoms with Gasteiger partial charge in [0, 0.05) is 50.6 Å². The Kier molecular flexibility index (Phi) is 8.30. The molecule has 1 aliphatic carbocycles. The third kappa shape index (κ3) is 6.68. The highest BCUT2D eigenvalue weighted by molar-refractivity contribution is 5.90. The predicted molar refractivity (Wildman–Crippen MR) is 142 cm³/mol. The molecule has 0 atom stereocenters. The molecule has 2 N–H and O–H groups in total. The maximum Gasteiger partial charge on any atom is 0.269 e. The molecule has 9 nitrogen and oxygen atoms in total. The van der Waals surface area contributed by atoms with Gasteiger partial charge in [0.15, 0.2) is 0 Å². The molecule has 1 heterocycles. The second kappa shape index (κ2) is 11.8. The van der Waals surface area contributed by atoms with Crippen molar-refractivity contribution < 1.29 is 9.72 Å². The van der Waals surface area contributed by atoms with Crippen molar-refractivity contribution in [3.05, 3.63) is 64.2 Å². The summed E-state index contributed by atoms with van der Waals surface area (Å²) in [4.78, 5) is 34.1. The Morgan fingerprint density at radius 3 is 2.47 bits per heavy atom. The van der Waals surface area contributed by atoms with Gasteiger partial charge in [-0.25, -0.2) is 4.98 Å². The van der Waals surface area contributed by atoms with E-state index in [1.54, 1.807) is 12.1 Å². The zero-order valence-corrected chi connectivity index (χ0v) is 20.9. The summed E-state index contributed by atoms with van der Waals surface area (Å²) in [6.07, 6.45) is 6.06. The number of aryl methyl sites for hydroxylation is 1. The second-order valence-electron chi connectivity index (χ2n) is 9.73. The van der Waals surface area contributed by atoms with E-state index in [1.165, 1.54) is 12.1 Å². The van der Waals surface area contributed by atoms with Crippen molar-refractivity contribution in [1.82, 2.24) is 15.3 Å². The Hall–Kier alpha value is -3.75. The van der Waals surface area contributed by atoms with Crippen molar-refractivity contribution >= 4 is 34.3 Å². The minimum atomic E-state index is -0.404. The van der Waals surface area contributed by atoms with E-state index in [0.29, 0.717) is 30.9 Å². The van der Waals surface area contributed by atoms with Crippen LogP contribution in [0.15, 0.2) is 48.5 Å². The highest BCUT2D eigenvalue weighted by Gasteiger charge is 2.22. The Balaban J connectivity index is 1.18. The van der Waals surface area contributed by atoms with Crippen LogP contribution in [0.4, 0.5) is 17.5 Å². The van der Waals surface area contributed by atoms with Crippen LogP contribution in [0.2, 0.25) is 0 Å². The van der Waals surface area contributed by atoms with E-state index in [-0.39, 0.29) is 11.6 Å². The molecule has 36 heavy (non-hydrogen) atoms. The summed E-state index contributed by atoms with van der Waals surface area (Å²) < 4.78 is 0. The molecule has 0 unspecified atom stereocenters. The van der Waals surface area contributed by atoms with Gasteiger partial charge in [0.05, 0.1) is 10.4 Å². The maximum absolute atomic E-state index is 12.3. The van der Waals surface area contributed by atoms with Crippen molar-refractivity contribution in [3.8, 4) is 0 Å². The van der Waals surface area contributed by atoms with E-state index in [2.05, 4.69) is 10.6 Å². The van der Waals surface area contributed by atoms with Crippen LogP contribution >= 0.6 is 0 Å². The maximum atomic E-state index is 12.3. The Morgan fingerprint density at radius 2 is 1.78 bits per heavy atom. The number of non-ortho nitro benzene ring substituents is 1. The van der Waals surface area contributed by atoms with Crippen LogP contribution in [0, 0.1) is 16.0 Å². The lowest BCUT2D eigenvalue weighted by Crippen LogP contribution is -2.34. The lowest BCUT2D eigenvalue weighted by Gasteiger charge is -2.29. The molecule has 1 amide bonds. The number of hydrogen-bond acceptors (Lipinski definition) is 7. The van der Waals surface area contributed by atoms with Gasteiger partial charge in [-0.15, -0.1) is 0 Å². The lowest BCUT2D eigenvalue weighted by molar-refractivity contribution is -0.384. The number of rotatable bonds is 10. The van der Waals surface area contributed by atoms with Crippen LogP contribution in [-0.4, -0.2) is 47.5 Å². The molecule has 1 saturated carbocycles. The quantitative estimate of drug-likeness (QED) is 0.312. The van der Waals surface area contributed by atoms with Crippen LogP contribution in [0.1, 0.15) is 44.1 Å². The second-order valence-corrected chi connectivity index (χ2v) is 9.73. The van der Waals surface area contributed by atoms with Gasteiger partial charge < -0.3 is 15.5 Å². The fourth-order valence-corrected chi connectivity index (χ4v) is 4.74. The highest BCUT2D eigenvalue weighted by atomic mass is 16.6. The number of carbonyl (C=O) groups excluding carboxylic acids is 1. The number of nitro groups is 1. The molecular formula is C27H34N6O3. The minimum absolute atomic E-state index is 0.0675. The summed E-state index contributed by atoms with van der Waals surface area (Å²) in [5.74, 6) is 2.13. The van der Waals surface area contributed by atoms with Crippen molar-refractivity contribution in [2.45, 2.75) is 51.0 Å². The van der Waals surface area contributed by atoms with Crippen LogP contribution in [0.3, 0.4) is 0 Å². The topological polar surface area (TPSA) is 113 Å². The number of nitrogens with one attached hydrogen (secondary N) is 2. The van der Waals surface area contributed by atoms with E-state index in [0.717, 1.165) is 60.8 Å². The first-order chi connectivity index (χ1) is 17.4. The number of benzene rings is 2. The summed E-state index contributed by atoms with van der Waals surface area (Å²) in [6, 6.07) is 14.9. The van der Waals surface area contributed by atoms with Crippen LogP contribution in [0.5, 0.6) is 0 Å². The Bertz CT molecular complexity index is 1190. The molecule has 0 radical (unpaired) electrons. The van der Waals surface area contributed by atoms with Crippen LogP contribution in [-0.2, 0) is 11.2 Å². The third-order valence-corrected chi connectivity index (χ3v) is 6.79. The molecule has 1 aromatic heterocycles. The number of amides is 1. The highest BCUT2D eigenvalue weighted by Crippen LogP contribution is 2.28. The zero-order chi connectivity index (χ0) is 25.5. The number of hydrogen-bond donors (Lipinski definition) is 2. The minimum Gasteiger partial charge on any atom is -0.362 e. The van der Waals surface area contributed by atoms with E-state index >= 15 is 0 Å². The number of nitrogens with zero attached hydrogens (tertiary/aromatic N) is 4. The van der Waals surface area contributed by atoms with Crippen molar-refractivity contribution in [2.75, 3.05) is 30.9 Å². The summed E-state index contributed by atoms with van der Waals surface area (Å²) in [7, 11) is 3.99. The SMILES string of the molecule is CN(C)c1nc(NC2CCC(CNC(=O)CCCc3ccc([N+](=O)[O-])cc3)CC2)nc2ccccc12. The number of fused-ring (bicyclic) bond motifs is 1. The molecule has 190 valence electrons. The first kappa shape index (κ1) is 25.3.